The van der Waals surface area contributed by atoms with Gasteiger partial charge < -0.3 is 9.84 Å². The molecule has 1 unspecified atom stereocenters. The Morgan fingerprint density at radius 2 is 1.95 bits per heavy atom. The summed E-state index contributed by atoms with van der Waals surface area (Å²) in [6.45, 7) is 3.15. The highest BCUT2D eigenvalue weighted by atomic mass is 32.2. The van der Waals surface area contributed by atoms with E-state index in [2.05, 4.69) is 0 Å². The Labute approximate surface area is 113 Å². The van der Waals surface area contributed by atoms with Crippen LogP contribution in [0.3, 0.4) is 0 Å². The molecule has 2 heterocycles. The standard InChI is InChI=1S/C11H20N2O5S/c1-19(16,17)13-5-3-12(4-6-13)8-11(10(14)15)2-7-18-9-11/h2-9H2,1H3,(H,14,15). The van der Waals surface area contributed by atoms with Crippen LogP contribution in [-0.4, -0.2) is 80.9 Å². The fraction of sp³-hybridized carbons (Fsp3) is 0.909. The second-order valence-electron chi connectivity index (χ2n) is 5.33. The van der Waals surface area contributed by atoms with Gasteiger partial charge in [-0.05, 0) is 6.42 Å². The molecule has 0 aromatic carbocycles. The van der Waals surface area contributed by atoms with E-state index in [1.807, 2.05) is 4.90 Å². The molecule has 0 aromatic rings. The van der Waals surface area contributed by atoms with Crippen LogP contribution in [0.2, 0.25) is 0 Å². The third-order valence-electron chi connectivity index (χ3n) is 3.88. The highest BCUT2D eigenvalue weighted by Gasteiger charge is 2.44. The first-order valence-corrected chi connectivity index (χ1v) is 8.17. The minimum Gasteiger partial charge on any atom is -0.481 e. The zero-order valence-corrected chi connectivity index (χ0v) is 11.9. The van der Waals surface area contributed by atoms with Gasteiger partial charge >= 0.3 is 5.97 Å². The number of sulfonamides is 1. The number of hydrogen-bond acceptors (Lipinski definition) is 5. The molecule has 0 aliphatic carbocycles. The molecule has 1 N–H and O–H groups in total. The van der Waals surface area contributed by atoms with Crippen molar-refractivity contribution in [2.24, 2.45) is 5.41 Å². The Bertz CT molecular complexity index is 436. The van der Waals surface area contributed by atoms with Gasteiger partial charge in [0, 0.05) is 39.3 Å². The first kappa shape index (κ1) is 14.7. The van der Waals surface area contributed by atoms with E-state index in [-0.39, 0.29) is 6.61 Å². The van der Waals surface area contributed by atoms with Crippen LogP contribution in [0, 0.1) is 5.41 Å². The molecule has 2 saturated heterocycles. The number of carboxylic acids is 1. The molecule has 0 aromatic heterocycles. The zero-order chi connectivity index (χ0) is 14.1. The molecule has 8 heteroatoms. The van der Waals surface area contributed by atoms with Gasteiger partial charge in [-0.2, -0.15) is 4.31 Å². The Morgan fingerprint density at radius 1 is 1.32 bits per heavy atom. The van der Waals surface area contributed by atoms with Crippen molar-refractivity contribution in [3.63, 3.8) is 0 Å². The quantitative estimate of drug-likeness (QED) is 0.719. The van der Waals surface area contributed by atoms with Crippen molar-refractivity contribution >= 4 is 16.0 Å². The number of rotatable bonds is 4. The van der Waals surface area contributed by atoms with Crippen LogP contribution in [0.1, 0.15) is 6.42 Å². The maximum absolute atomic E-state index is 11.4. The molecular weight excluding hydrogens is 272 g/mol. The van der Waals surface area contributed by atoms with E-state index in [0.717, 1.165) is 0 Å². The van der Waals surface area contributed by atoms with Gasteiger partial charge in [-0.1, -0.05) is 0 Å². The van der Waals surface area contributed by atoms with Gasteiger partial charge in [-0.3, -0.25) is 9.69 Å². The van der Waals surface area contributed by atoms with Crippen molar-refractivity contribution in [2.45, 2.75) is 6.42 Å². The monoisotopic (exact) mass is 292 g/mol. The summed E-state index contributed by atoms with van der Waals surface area (Å²) in [5, 5.41) is 9.36. The number of piperazine rings is 1. The summed E-state index contributed by atoms with van der Waals surface area (Å²) in [5.74, 6) is -0.824. The molecule has 0 amide bonds. The van der Waals surface area contributed by atoms with E-state index >= 15 is 0 Å². The van der Waals surface area contributed by atoms with Gasteiger partial charge in [0.25, 0.3) is 0 Å². The summed E-state index contributed by atoms with van der Waals surface area (Å²) in [5.41, 5.74) is -0.826. The van der Waals surface area contributed by atoms with Crippen molar-refractivity contribution in [1.82, 2.24) is 9.21 Å². The van der Waals surface area contributed by atoms with E-state index < -0.39 is 21.4 Å². The van der Waals surface area contributed by atoms with E-state index in [0.29, 0.717) is 45.8 Å². The van der Waals surface area contributed by atoms with Crippen molar-refractivity contribution in [1.29, 1.82) is 0 Å². The van der Waals surface area contributed by atoms with Gasteiger partial charge in [0.2, 0.25) is 10.0 Å². The molecule has 0 saturated carbocycles. The van der Waals surface area contributed by atoms with Crippen molar-refractivity contribution < 1.29 is 23.1 Å². The molecule has 2 fully saturated rings. The lowest BCUT2D eigenvalue weighted by atomic mass is 9.86. The lowest BCUT2D eigenvalue weighted by molar-refractivity contribution is -0.150. The van der Waals surface area contributed by atoms with Gasteiger partial charge in [-0.25, -0.2) is 8.42 Å². The Morgan fingerprint density at radius 3 is 2.37 bits per heavy atom. The van der Waals surface area contributed by atoms with E-state index in [4.69, 9.17) is 4.74 Å². The molecular formula is C11H20N2O5S. The average molecular weight is 292 g/mol. The molecule has 1 atom stereocenters. The van der Waals surface area contributed by atoms with Crippen LogP contribution in [0.25, 0.3) is 0 Å². The predicted octanol–water partition coefficient (Wildman–Crippen LogP) is -0.945. The Kier molecular flexibility index (Phi) is 4.14. The second-order valence-corrected chi connectivity index (χ2v) is 7.31. The normalized spacial score (nSPS) is 30.6. The Hall–Kier alpha value is -0.700. The summed E-state index contributed by atoms with van der Waals surface area (Å²) in [4.78, 5) is 13.4. The largest absolute Gasteiger partial charge is 0.481 e. The highest BCUT2D eigenvalue weighted by molar-refractivity contribution is 7.88. The summed E-state index contributed by atoms with van der Waals surface area (Å²) in [6.07, 6.45) is 1.72. The van der Waals surface area contributed by atoms with Gasteiger partial charge in [0.1, 0.15) is 5.41 Å². The summed E-state index contributed by atoms with van der Waals surface area (Å²) in [6, 6.07) is 0. The van der Waals surface area contributed by atoms with Gasteiger partial charge in [0.15, 0.2) is 0 Å². The third-order valence-corrected chi connectivity index (χ3v) is 5.19. The lowest BCUT2D eigenvalue weighted by Crippen LogP contribution is -2.52. The van der Waals surface area contributed by atoms with Crippen LogP contribution in [-0.2, 0) is 19.6 Å². The van der Waals surface area contributed by atoms with Crippen LogP contribution in [0.4, 0.5) is 0 Å². The van der Waals surface area contributed by atoms with Crippen LogP contribution in [0.15, 0.2) is 0 Å². The fourth-order valence-corrected chi connectivity index (χ4v) is 3.44. The SMILES string of the molecule is CS(=O)(=O)N1CCN(CC2(C(=O)O)CCOC2)CC1. The van der Waals surface area contributed by atoms with Gasteiger partial charge in [-0.15, -0.1) is 0 Å². The van der Waals surface area contributed by atoms with Crippen LogP contribution >= 0.6 is 0 Å². The van der Waals surface area contributed by atoms with Crippen molar-refractivity contribution in [3.05, 3.63) is 0 Å². The van der Waals surface area contributed by atoms with Gasteiger partial charge in [0.05, 0.1) is 12.9 Å². The van der Waals surface area contributed by atoms with Crippen LogP contribution in [0.5, 0.6) is 0 Å². The maximum atomic E-state index is 11.4. The van der Waals surface area contributed by atoms with E-state index in [1.165, 1.54) is 10.6 Å². The number of aliphatic carboxylic acids is 1. The summed E-state index contributed by atoms with van der Waals surface area (Å²) in [7, 11) is -3.14. The number of hydrogen-bond donors (Lipinski definition) is 1. The van der Waals surface area contributed by atoms with Crippen LogP contribution < -0.4 is 0 Å². The van der Waals surface area contributed by atoms with E-state index in [1.54, 1.807) is 0 Å². The smallest absolute Gasteiger partial charge is 0.313 e. The first-order valence-electron chi connectivity index (χ1n) is 6.32. The zero-order valence-electron chi connectivity index (χ0n) is 11.0. The molecule has 19 heavy (non-hydrogen) atoms. The minimum absolute atomic E-state index is 0.245. The molecule has 0 bridgehead atoms. The van der Waals surface area contributed by atoms with Crippen molar-refractivity contribution in [2.75, 3.05) is 52.2 Å². The minimum atomic E-state index is -3.14. The number of nitrogens with zero attached hydrogens (tertiary/aromatic N) is 2. The topological polar surface area (TPSA) is 87.2 Å². The maximum Gasteiger partial charge on any atom is 0.313 e. The molecule has 2 rings (SSSR count). The molecule has 7 nitrogen and oxygen atoms in total. The number of carbonyl (C=O) groups is 1. The third kappa shape index (κ3) is 3.25. The average Bonchev–Trinajstić information content (AvgIpc) is 2.78. The highest BCUT2D eigenvalue weighted by Crippen LogP contribution is 2.30. The number of carboxylic acid groups (broad SMARTS) is 1. The van der Waals surface area contributed by atoms with Crippen molar-refractivity contribution in [3.8, 4) is 0 Å². The Balaban J connectivity index is 1.93. The number of ether oxygens (including phenoxy) is 1. The molecule has 2 aliphatic rings. The summed E-state index contributed by atoms with van der Waals surface area (Å²) >= 11 is 0. The summed E-state index contributed by atoms with van der Waals surface area (Å²) < 4.78 is 29.5. The predicted molar refractivity (Wildman–Crippen MR) is 68.4 cm³/mol. The fourth-order valence-electron chi connectivity index (χ4n) is 2.62. The lowest BCUT2D eigenvalue weighted by Gasteiger charge is -2.37. The molecule has 0 radical (unpaired) electrons. The van der Waals surface area contributed by atoms with E-state index in [9.17, 15) is 18.3 Å². The molecule has 0 spiro atoms. The second kappa shape index (κ2) is 5.35. The first-order chi connectivity index (χ1) is 8.83. The molecule has 2 aliphatic heterocycles. The molecule has 110 valence electrons.